The van der Waals surface area contributed by atoms with Gasteiger partial charge in [-0.3, -0.25) is 11.3 Å². The minimum atomic E-state index is -0.414. The van der Waals surface area contributed by atoms with Crippen LogP contribution in [0.4, 0.5) is 4.39 Å². The molecule has 1 atom stereocenters. The lowest BCUT2D eigenvalue weighted by atomic mass is 10.0. The number of nitrogens with one attached hydrogen (secondary N) is 1. The third-order valence-corrected chi connectivity index (χ3v) is 2.75. The molecule has 0 radical (unpaired) electrons. The largest absolute Gasteiger partial charge is 0.271 e. The van der Waals surface area contributed by atoms with Gasteiger partial charge in [0, 0.05) is 6.04 Å². The van der Waals surface area contributed by atoms with Crippen molar-refractivity contribution in [2.75, 3.05) is 0 Å². The summed E-state index contributed by atoms with van der Waals surface area (Å²) >= 11 is 5.62. The number of hydrogen-bond donors (Lipinski definition) is 2. The highest BCUT2D eigenvalue weighted by molar-refractivity contribution is 6.30. The summed E-state index contributed by atoms with van der Waals surface area (Å²) in [5.74, 6) is 5.03. The van der Waals surface area contributed by atoms with Crippen molar-refractivity contribution < 1.29 is 4.39 Å². The second-order valence-electron chi connectivity index (χ2n) is 3.61. The van der Waals surface area contributed by atoms with E-state index in [0.717, 1.165) is 24.8 Å². The molecule has 1 aromatic carbocycles. The SMILES string of the molecule is C=CCCCC(NN)c1ccc(Cl)c(F)c1. The van der Waals surface area contributed by atoms with Crippen LogP contribution < -0.4 is 11.3 Å². The van der Waals surface area contributed by atoms with Gasteiger partial charge in [-0.05, 0) is 37.0 Å². The predicted molar refractivity (Wildman–Crippen MR) is 65.5 cm³/mol. The Morgan fingerprint density at radius 2 is 2.31 bits per heavy atom. The second-order valence-corrected chi connectivity index (χ2v) is 4.02. The van der Waals surface area contributed by atoms with E-state index in [-0.39, 0.29) is 11.1 Å². The Kier molecular flexibility index (Phi) is 5.46. The lowest BCUT2D eigenvalue weighted by Crippen LogP contribution is -2.28. The quantitative estimate of drug-likeness (QED) is 0.348. The highest BCUT2D eigenvalue weighted by Gasteiger charge is 2.11. The number of allylic oxidation sites excluding steroid dienone is 1. The van der Waals surface area contributed by atoms with Crippen LogP contribution >= 0.6 is 11.6 Å². The third-order valence-electron chi connectivity index (χ3n) is 2.45. The molecule has 0 aromatic heterocycles. The van der Waals surface area contributed by atoms with Gasteiger partial charge < -0.3 is 0 Å². The molecule has 0 spiro atoms. The molecule has 0 aliphatic rings. The van der Waals surface area contributed by atoms with Gasteiger partial charge in [-0.1, -0.05) is 23.7 Å². The Bertz CT molecular complexity index is 355. The van der Waals surface area contributed by atoms with Crippen molar-refractivity contribution in [3.05, 3.63) is 47.3 Å². The summed E-state index contributed by atoms with van der Waals surface area (Å²) in [5.41, 5.74) is 3.49. The number of nitrogens with two attached hydrogens (primary N) is 1. The molecule has 0 saturated carbocycles. The van der Waals surface area contributed by atoms with Gasteiger partial charge in [0.15, 0.2) is 0 Å². The topological polar surface area (TPSA) is 38.0 Å². The predicted octanol–water partition coefficient (Wildman–Crippen LogP) is 3.34. The number of hydrazine groups is 1. The van der Waals surface area contributed by atoms with E-state index in [1.165, 1.54) is 6.07 Å². The maximum Gasteiger partial charge on any atom is 0.142 e. The third kappa shape index (κ3) is 3.59. The zero-order valence-electron chi connectivity index (χ0n) is 9.05. The first kappa shape index (κ1) is 13.2. The van der Waals surface area contributed by atoms with Gasteiger partial charge in [0.1, 0.15) is 5.82 Å². The van der Waals surface area contributed by atoms with Crippen molar-refractivity contribution in [1.29, 1.82) is 0 Å². The van der Waals surface area contributed by atoms with Gasteiger partial charge in [0.05, 0.1) is 5.02 Å². The number of hydrogen-bond acceptors (Lipinski definition) is 2. The van der Waals surface area contributed by atoms with Crippen LogP contribution in [0.15, 0.2) is 30.9 Å². The second kappa shape index (κ2) is 6.63. The Balaban J connectivity index is 2.70. The maximum atomic E-state index is 13.2. The summed E-state index contributed by atoms with van der Waals surface area (Å²) < 4.78 is 13.2. The molecule has 1 rings (SSSR count). The fraction of sp³-hybridized carbons (Fsp3) is 0.333. The van der Waals surface area contributed by atoms with Crippen LogP contribution in [0.3, 0.4) is 0 Å². The zero-order valence-corrected chi connectivity index (χ0v) is 9.80. The molecule has 0 bridgehead atoms. The van der Waals surface area contributed by atoms with Gasteiger partial charge in [-0.15, -0.1) is 6.58 Å². The maximum absolute atomic E-state index is 13.2. The average molecular weight is 243 g/mol. The van der Waals surface area contributed by atoms with E-state index in [0.29, 0.717) is 0 Å². The van der Waals surface area contributed by atoms with Crippen molar-refractivity contribution in [1.82, 2.24) is 5.43 Å². The first-order valence-electron chi connectivity index (χ1n) is 5.21. The van der Waals surface area contributed by atoms with Crippen LogP contribution in [0.2, 0.25) is 5.02 Å². The van der Waals surface area contributed by atoms with E-state index in [2.05, 4.69) is 12.0 Å². The molecule has 16 heavy (non-hydrogen) atoms. The molecule has 0 aliphatic heterocycles. The fourth-order valence-electron chi connectivity index (χ4n) is 1.54. The smallest absolute Gasteiger partial charge is 0.142 e. The molecule has 2 nitrogen and oxygen atoms in total. The van der Waals surface area contributed by atoms with Gasteiger partial charge >= 0.3 is 0 Å². The van der Waals surface area contributed by atoms with Crippen molar-refractivity contribution >= 4 is 11.6 Å². The minimum Gasteiger partial charge on any atom is -0.271 e. The first-order valence-corrected chi connectivity index (χ1v) is 5.58. The van der Waals surface area contributed by atoms with Gasteiger partial charge in [0.25, 0.3) is 0 Å². The van der Waals surface area contributed by atoms with Crippen LogP contribution in [-0.2, 0) is 0 Å². The summed E-state index contributed by atoms with van der Waals surface area (Å²) in [6.45, 7) is 3.65. The monoisotopic (exact) mass is 242 g/mol. The Hall–Kier alpha value is -0.900. The normalized spacial score (nSPS) is 12.4. The Morgan fingerprint density at radius 1 is 1.56 bits per heavy atom. The molecule has 1 unspecified atom stereocenters. The standard InChI is InChI=1S/C12H16ClFN2/c1-2-3-4-5-12(16-15)9-6-7-10(13)11(14)8-9/h2,6-8,12,16H,1,3-5,15H2. The number of rotatable bonds is 6. The molecule has 88 valence electrons. The summed E-state index contributed by atoms with van der Waals surface area (Å²) in [7, 11) is 0. The van der Waals surface area contributed by atoms with Crippen LogP contribution in [0, 0.1) is 5.82 Å². The van der Waals surface area contributed by atoms with Gasteiger partial charge in [-0.25, -0.2) is 4.39 Å². The lowest BCUT2D eigenvalue weighted by Gasteiger charge is -2.16. The van der Waals surface area contributed by atoms with Crippen molar-refractivity contribution in [2.45, 2.75) is 25.3 Å². The molecule has 0 aliphatic carbocycles. The van der Waals surface area contributed by atoms with Crippen LogP contribution in [0.1, 0.15) is 30.9 Å². The molecule has 0 saturated heterocycles. The van der Waals surface area contributed by atoms with Crippen molar-refractivity contribution in [3.8, 4) is 0 Å². The summed E-state index contributed by atoms with van der Waals surface area (Å²) in [6.07, 6.45) is 4.58. The van der Waals surface area contributed by atoms with E-state index in [9.17, 15) is 4.39 Å². The van der Waals surface area contributed by atoms with E-state index < -0.39 is 5.82 Å². The molecule has 0 amide bonds. The highest BCUT2D eigenvalue weighted by Crippen LogP contribution is 2.23. The molecule has 1 aromatic rings. The average Bonchev–Trinajstić information content (AvgIpc) is 2.29. The zero-order chi connectivity index (χ0) is 12.0. The molecule has 3 N–H and O–H groups in total. The first-order chi connectivity index (χ1) is 7.69. The summed E-state index contributed by atoms with van der Waals surface area (Å²) in [4.78, 5) is 0. The molecule has 4 heteroatoms. The molecule has 0 fully saturated rings. The summed E-state index contributed by atoms with van der Waals surface area (Å²) in [5, 5.41) is 0.130. The van der Waals surface area contributed by atoms with Crippen LogP contribution in [0.5, 0.6) is 0 Å². The Labute approximate surface area is 100 Å². The van der Waals surface area contributed by atoms with Crippen molar-refractivity contribution in [2.24, 2.45) is 5.84 Å². The highest BCUT2D eigenvalue weighted by atomic mass is 35.5. The number of unbranched alkanes of at least 4 members (excludes halogenated alkanes) is 1. The molecule has 0 heterocycles. The van der Waals surface area contributed by atoms with Gasteiger partial charge in [0.2, 0.25) is 0 Å². The van der Waals surface area contributed by atoms with Crippen LogP contribution in [-0.4, -0.2) is 0 Å². The number of benzene rings is 1. The van der Waals surface area contributed by atoms with Gasteiger partial charge in [-0.2, -0.15) is 0 Å². The Morgan fingerprint density at radius 3 is 2.88 bits per heavy atom. The van der Waals surface area contributed by atoms with E-state index >= 15 is 0 Å². The number of halogens is 2. The van der Waals surface area contributed by atoms with E-state index in [4.69, 9.17) is 17.4 Å². The van der Waals surface area contributed by atoms with E-state index in [1.54, 1.807) is 12.1 Å². The fourth-order valence-corrected chi connectivity index (χ4v) is 1.66. The minimum absolute atomic E-state index is 0.0493. The summed E-state index contributed by atoms with van der Waals surface area (Å²) in [6, 6.07) is 4.70. The molecular formula is C12H16ClFN2. The van der Waals surface area contributed by atoms with E-state index in [1.807, 2.05) is 6.08 Å². The van der Waals surface area contributed by atoms with Crippen LogP contribution in [0.25, 0.3) is 0 Å². The molecular weight excluding hydrogens is 227 g/mol. The van der Waals surface area contributed by atoms with Crippen molar-refractivity contribution in [3.63, 3.8) is 0 Å². The lowest BCUT2D eigenvalue weighted by molar-refractivity contribution is 0.497.